The van der Waals surface area contributed by atoms with Gasteiger partial charge in [-0.15, -0.1) is 0 Å². The van der Waals surface area contributed by atoms with Gasteiger partial charge in [-0.3, -0.25) is 0 Å². The molecule has 0 saturated heterocycles. The van der Waals surface area contributed by atoms with Gasteiger partial charge in [-0.25, -0.2) is 4.98 Å². The van der Waals surface area contributed by atoms with Crippen molar-refractivity contribution in [3.8, 4) is 5.75 Å². The molecule has 0 amide bonds. The second-order valence-corrected chi connectivity index (χ2v) is 4.83. The van der Waals surface area contributed by atoms with Gasteiger partial charge in [0.05, 0.1) is 0 Å². The van der Waals surface area contributed by atoms with Gasteiger partial charge in [0.15, 0.2) is 0 Å². The fraction of sp³-hybridized carbons (Fsp3) is 0.0625. The molecule has 0 spiro atoms. The average Bonchev–Trinajstić information content (AvgIpc) is 2.42. The van der Waals surface area contributed by atoms with Crippen molar-refractivity contribution in [1.29, 1.82) is 0 Å². The van der Waals surface area contributed by atoms with Gasteiger partial charge in [-0.2, -0.15) is 0 Å². The lowest BCUT2D eigenvalue weighted by molar-refractivity contribution is 0.480. The number of aromatic hydroxyl groups is 1. The minimum Gasteiger partial charge on any atom is -0.506 e. The van der Waals surface area contributed by atoms with E-state index in [1.54, 1.807) is 6.07 Å². The summed E-state index contributed by atoms with van der Waals surface area (Å²) in [6.45, 7) is 0. The van der Waals surface area contributed by atoms with Crippen LogP contribution in [0.25, 0.3) is 10.9 Å². The van der Waals surface area contributed by atoms with Crippen molar-refractivity contribution in [1.82, 2.24) is 4.98 Å². The summed E-state index contributed by atoms with van der Waals surface area (Å²) in [6.07, 6.45) is 0.657. The van der Waals surface area contributed by atoms with E-state index in [4.69, 9.17) is 11.6 Å². The number of phenols is 1. The van der Waals surface area contributed by atoms with Gasteiger partial charge in [-0.05, 0) is 23.8 Å². The van der Waals surface area contributed by atoms with Crippen molar-refractivity contribution >= 4 is 22.5 Å². The predicted octanol–water partition coefficient (Wildman–Crippen LogP) is 4.18. The van der Waals surface area contributed by atoms with Crippen molar-refractivity contribution in [2.24, 2.45) is 0 Å². The number of hydrogen-bond donors (Lipinski definition) is 1. The Morgan fingerprint density at radius 3 is 2.63 bits per heavy atom. The van der Waals surface area contributed by atoms with Crippen LogP contribution in [-0.2, 0) is 6.42 Å². The molecule has 2 aromatic carbocycles. The van der Waals surface area contributed by atoms with Gasteiger partial charge < -0.3 is 5.11 Å². The van der Waals surface area contributed by atoms with E-state index in [1.165, 1.54) is 0 Å². The van der Waals surface area contributed by atoms with Crippen LogP contribution in [0, 0.1) is 0 Å². The van der Waals surface area contributed by atoms with Crippen LogP contribution in [0.5, 0.6) is 5.75 Å². The van der Waals surface area contributed by atoms with Crippen molar-refractivity contribution in [3.63, 3.8) is 0 Å². The third-order valence-electron chi connectivity index (χ3n) is 3.09. The Labute approximate surface area is 116 Å². The molecule has 1 N–H and O–H groups in total. The number of benzene rings is 2. The zero-order chi connectivity index (χ0) is 13.2. The lowest BCUT2D eigenvalue weighted by Gasteiger charge is -2.06. The summed E-state index contributed by atoms with van der Waals surface area (Å²) in [6, 6.07) is 17.0. The zero-order valence-electron chi connectivity index (χ0n) is 10.2. The third kappa shape index (κ3) is 2.40. The highest BCUT2D eigenvalue weighted by molar-refractivity contribution is 6.31. The summed E-state index contributed by atoms with van der Waals surface area (Å²) in [4.78, 5) is 4.50. The molecule has 0 unspecified atom stereocenters. The molecule has 1 aromatic heterocycles. The van der Waals surface area contributed by atoms with Crippen molar-refractivity contribution < 1.29 is 5.11 Å². The summed E-state index contributed by atoms with van der Waals surface area (Å²) in [5, 5.41) is 11.5. The van der Waals surface area contributed by atoms with Crippen molar-refractivity contribution in [3.05, 3.63) is 70.9 Å². The van der Waals surface area contributed by atoms with Crippen LogP contribution in [0.4, 0.5) is 0 Å². The van der Waals surface area contributed by atoms with Crippen LogP contribution < -0.4 is 0 Å². The van der Waals surface area contributed by atoms with Crippen LogP contribution >= 0.6 is 11.6 Å². The summed E-state index contributed by atoms with van der Waals surface area (Å²) in [7, 11) is 0. The number of aromatic nitrogens is 1. The first kappa shape index (κ1) is 12.0. The second-order valence-electron chi connectivity index (χ2n) is 4.42. The molecule has 3 aromatic rings. The number of fused-ring (bicyclic) bond motifs is 1. The number of para-hydroxylation sites is 1. The Morgan fingerprint density at radius 1 is 0.947 bits per heavy atom. The molecule has 3 heteroatoms. The molecular weight excluding hydrogens is 258 g/mol. The number of nitrogens with zero attached hydrogens (tertiary/aromatic N) is 1. The van der Waals surface area contributed by atoms with E-state index in [0.717, 1.165) is 21.7 Å². The molecule has 2 nitrogen and oxygen atoms in total. The Kier molecular flexibility index (Phi) is 3.10. The van der Waals surface area contributed by atoms with E-state index in [1.807, 2.05) is 48.5 Å². The first-order valence-electron chi connectivity index (χ1n) is 6.05. The highest BCUT2D eigenvalue weighted by Gasteiger charge is 2.05. The molecule has 0 aliphatic carbocycles. The largest absolute Gasteiger partial charge is 0.506 e. The van der Waals surface area contributed by atoms with Crippen LogP contribution in [0.15, 0.2) is 54.6 Å². The average molecular weight is 270 g/mol. The summed E-state index contributed by atoms with van der Waals surface area (Å²) in [5.41, 5.74) is 2.56. The summed E-state index contributed by atoms with van der Waals surface area (Å²) < 4.78 is 0. The minimum atomic E-state index is 0.207. The van der Waals surface area contributed by atoms with E-state index < -0.39 is 0 Å². The molecule has 0 saturated carbocycles. The van der Waals surface area contributed by atoms with Gasteiger partial charge in [0.25, 0.3) is 0 Å². The molecule has 19 heavy (non-hydrogen) atoms. The molecular formula is C16H12ClNO. The first-order valence-corrected chi connectivity index (χ1v) is 6.43. The quantitative estimate of drug-likeness (QED) is 0.757. The number of phenolic OH excluding ortho intramolecular Hbond substituents is 1. The molecule has 3 rings (SSSR count). The Morgan fingerprint density at radius 2 is 1.79 bits per heavy atom. The molecule has 94 valence electrons. The van der Waals surface area contributed by atoms with Gasteiger partial charge in [0, 0.05) is 22.5 Å². The SMILES string of the molecule is Oc1cccc2ccc(Cc3ccccc3Cl)nc12. The summed E-state index contributed by atoms with van der Waals surface area (Å²) in [5.74, 6) is 0.207. The van der Waals surface area contributed by atoms with Crippen LogP contribution in [-0.4, -0.2) is 10.1 Å². The van der Waals surface area contributed by atoms with Crippen molar-refractivity contribution in [2.75, 3.05) is 0 Å². The highest BCUT2D eigenvalue weighted by atomic mass is 35.5. The van der Waals surface area contributed by atoms with Crippen molar-refractivity contribution in [2.45, 2.75) is 6.42 Å². The maximum absolute atomic E-state index is 9.83. The Bertz CT molecular complexity index is 740. The normalized spacial score (nSPS) is 10.8. The number of halogens is 1. The molecule has 0 bridgehead atoms. The number of pyridine rings is 1. The maximum Gasteiger partial charge on any atom is 0.141 e. The van der Waals surface area contributed by atoms with E-state index in [0.29, 0.717) is 11.9 Å². The molecule has 0 radical (unpaired) electrons. The zero-order valence-corrected chi connectivity index (χ0v) is 10.9. The number of hydrogen-bond acceptors (Lipinski definition) is 2. The van der Waals surface area contributed by atoms with Gasteiger partial charge >= 0.3 is 0 Å². The molecule has 0 aliphatic heterocycles. The first-order chi connectivity index (χ1) is 9.24. The van der Waals surface area contributed by atoms with Crippen LogP contribution in [0.2, 0.25) is 5.02 Å². The minimum absolute atomic E-state index is 0.207. The summed E-state index contributed by atoms with van der Waals surface area (Å²) >= 11 is 6.15. The fourth-order valence-corrected chi connectivity index (χ4v) is 2.31. The number of rotatable bonds is 2. The van der Waals surface area contributed by atoms with Gasteiger partial charge in [0.2, 0.25) is 0 Å². The molecule has 1 heterocycles. The smallest absolute Gasteiger partial charge is 0.141 e. The fourth-order valence-electron chi connectivity index (χ4n) is 2.11. The van der Waals surface area contributed by atoms with Crippen LogP contribution in [0.3, 0.4) is 0 Å². The predicted molar refractivity (Wildman–Crippen MR) is 77.7 cm³/mol. The lowest BCUT2D eigenvalue weighted by atomic mass is 10.1. The lowest BCUT2D eigenvalue weighted by Crippen LogP contribution is -1.93. The third-order valence-corrected chi connectivity index (χ3v) is 3.45. The Balaban J connectivity index is 2.02. The van der Waals surface area contributed by atoms with E-state index in [-0.39, 0.29) is 5.75 Å². The van der Waals surface area contributed by atoms with Crippen LogP contribution in [0.1, 0.15) is 11.3 Å². The topological polar surface area (TPSA) is 33.1 Å². The van der Waals surface area contributed by atoms with E-state index >= 15 is 0 Å². The maximum atomic E-state index is 9.83. The molecule has 0 fully saturated rings. The Hall–Kier alpha value is -2.06. The monoisotopic (exact) mass is 269 g/mol. The van der Waals surface area contributed by atoms with Gasteiger partial charge in [0.1, 0.15) is 11.3 Å². The standard InChI is InChI=1S/C16H12ClNO/c17-14-6-2-1-4-12(14)10-13-9-8-11-5-3-7-15(19)16(11)18-13/h1-9,19H,10H2. The highest BCUT2D eigenvalue weighted by Crippen LogP contribution is 2.24. The second kappa shape index (κ2) is 4.90. The van der Waals surface area contributed by atoms with Gasteiger partial charge in [-0.1, -0.05) is 48.0 Å². The molecule has 0 atom stereocenters. The van der Waals surface area contributed by atoms with E-state index in [9.17, 15) is 5.11 Å². The molecule has 0 aliphatic rings. The van der Waals surface area contributed by atoms with E-state index in [2.05, 4.69) is 4.98 Å².